The zero-order valence-corrected chi connectivity index (χ0v) is 14.4. The van der Waals surface area contributed by atoms with Crippen LogP contribution >= 0.6 is 0 Å². The molecule has 0 bridgehead atoms. The molecule has 2 N–H and O–H groups in total. The fourth-order valence-corrected chi connectivity index (χ4v) is 5.41. The molecule has 24 heavy (non-hydrogen) atoms. The minimum atomic E-state index is -3.21. The molecule has 0 radical (unpaired) electrons. The van der Waals surface area contributed by atoms with E-state index in [1.807, 2.05) is 19.1 Å². The maximum atomic E-state index is 12.1. The molecule has 5 nitrogen and oxygen atoms in total. The first-order valence-corrected chi connectivity index (χ1v) is 9.74. The predicted molar refractivity (Wildman–Crippen MR) is 92.4 cm³/mol. The normalized spacial score (nSPS) is 26.0. The lowest BCUT2D eigenvalue weighted by molar-refractivity contribution is 0.117. The van der Waals surface area contributed by atoms with Gasteiger partial charge in [-0.2, -0.15) is 0 Å². The maximum Gasteiger partial charge on any atom is 0.163 e. The molecule has 2 aliphatic heterocycles. The van der Waals surface area contributed by atoms with Crippen LogP contribution in [0.3, 0.4) is 0 Å². The monoisotopic (exact) mass is 350 g/mol. The van der Waals surface area contributed by atoms with E-state index in [9.17, 15) is 18.6 Å². The molecule has 130 valence electrons. The Balaban J connectivity index is 1.69. The Labute approximate surface area is 142 Å². The van der Waals surface area contributed by atoms with Gasteiger partial charge in [0.05, 0.1) is 25.1 Å². The molecule has 2 aliphatic rings. The highest BCUT2D eigenvalue weighted by atomic mass is 32.2. The summed E-state index contributed by atoms with van der Waals surface area (Å²) in [7, 11) is -3.21. The van der Waals surface area contributed by atoms with E-state index in [1.165, 1.54) is 0 Å². The zero-order valence-electron chi connectivity index (χ0n) is 13.6. The number of rotatable bonds is 5. The molecule has 1 aromatic rings. The Hall–Kier alpha value is -1.63. The van der Waals surface area contributed by atoms with Crippen molar-refractivity contribution in [3.63, 3.8) is 0 Å². The smallest absolute Gasteiger partial charge is 0.163 e. The van der Waals surface area contributed by atoms with E-state index in [2.05, 4.69) is 0 Å². The number of aliphatic hydroxyl groups excluding tert-OH is 1. The van der Waals surface area contributed by atoms with Crippen molar-refractivity contribution >= 4 is 15.9 Å². The summed E-state index contributed by atoms with van der Waals surface area (Å²) in [5.74, 6) is 0.189. The SMILES string of the molecule is C/C(=C\c1cccc(O)c1)CC[C@H]1OC[C@H]2C1=C(CO)CS2(=O)=O. The number of fused-ring (bicyclic) bond motifs is 1. The van der Waals surface area contributed by atoms with Gasteiger partial charge in [-0.3, -0.25) is 0 Å². The summed E-state index contributed by atoms with van der Waals surface area (Å²) in [4.78, 5) is 0. The van der Waals surface area contributed by atoms with Crippen LogP contribution in [0.2, 0.25) is 0 Å². The third-order valence-electron chi connectivity index (χ3n) is 4.63. The van der Waals surface area contributed by atoms with Crippen molar-refractivity contribution in [2.24, 2.45) is 0 Å². The van der Waals surface area contributed by atoms with Crippen molar-refractivity contribution in [3.8, 4) is 5.75 Å². The number of allylic oxidation sites excluding steroid dienone is 1. The molecule has 0 unspecified atom stereocenters. The largest absolute Gasteiger partial charge is 0.508 e. The molecular formula is C18H22O5S. The summed E-state index contributed by atoms with van der Waals surface area (Å²) < 4.78 is 29.9. The fourth-order valence-electron chi connectivity index (χ4n) is 3.48. The average Bonchev–Trinajstić information content (AvgIpc) is 3.05. The zero-order chi connectivity index (χ0) is 17.3. The molecule has 0 amide bonds. The lowest BCUT2D eigenvalue weighted by Crippen LogP contribution is -2.19. The second kappa shape index (κ2) is 6.70. The van der Waals surface area contributed by atoms with Crippen molar-refractivity contribution < 1.29 is 23.4 Å². The van der Waals surface area contributed by atoms with Crippen LogP contribution in [0.25, 0.3) is 6.08 Å². The third kappa shape index (κ3) is 3.41. The highest BCUT2D eigenvalue weighted by Gasteiger charge is 2.46. The second-order valence-electron chi connectivity index (χ2n) is 6.46. The van der Waals surface area contributed by atoms with E-state index in [0.717, 1.165) is 23.1 Å². The summed E-state index contributed by atoms with van der Waals surface area (Å²) in [6.07, 6.45) is 3.21. The standard InChI is InChI=1S/C18H22O5S/c1-12(7-13-3-2-4-15(20)8-13)5-6-16-18-14(9-19)11-24(21,22)17(18)10-23-16/h2-4,7-8,16-17,19-20H,5-6,9-11H2,1H3/b12-7+/t16-,17+/m1/s1. The van der Waals surface area contributed by atoms with E-state index in [0.29, 0.717) is 12.0 Å². The first-order chi connectivity index (χ1) is 11.4. The van der Waals surface area contributed by atoms with Gasteiger partial charge in [0.15, 0.2) is 9.84 Å². The van der Waals surface area contributed by atoms with Gasteiger partial charge in [-0.1, -0.05) is 23.8 Å². The molecule has 1 fully saturated rings. The van der Waals surface area contributed by atoms with E-state index < -0.39 is 15.1 Å². The van der Waals surface area contributed by atoms with Gasteiger partial charge in [-0.05, 0) is 48.6 Å². The van der Waals surface area contributed by atoms with E-state index >= 15 is 0 Å². The van der Waals surface area contributed by atoms with Crippen LogP contribution in [-0.2, 0) is 14.6 Å². The second-order valence-corrected chi connectivity index (χ2v) is 8.64. The highest BCUT2D eigenvalue weighted by Crippen LogP contribution is 2.38. The van der Waals surface area contributed by atoms with Crippen LogP contribution < -0.4 is 0 Å². The Morgan fingerprint density at radius 3 is 2.92 bits per heavy atom. The lowest BCUT2D eigenvalue weighted by atomic mass is 9.97. The Bertz CT molecular complexity index is 791. The van der Waals surface area contributed by atoms with Crippen molar-refractivity contribution in [3.05, 3.63) is 46.5 Å². The van der Waals surface area contributed by atoms with Gasteiger partial charge in [0.25, 0.3) is 0 Å². The van der Waals surface area contributed by atoms with Gasteiger partial charge >= 0.3 is 0 Å². The number of benzene rings is 1. The Morgan fingerprint density at radius 2 is 2.21 bits per heavy atom. The number of ether oxygens (including phenoxy) is 1. The van der Waals surface area contributed by atoms with Crippen LogP contribution in [-0.4, -0.2) is 49.0 Å². The summed E-state index contributed by atoms with van der Waals surface area (Å²) in [5, 5.41) is 18.4. The quantitative estimate of drug-likeness (QED) is 0.794. The summed E-state index contributed by atoms with van der Waals surface area (Å²) in [6.45, 7) is 1.98. The molecule has 3 rings (SSSR count). The van der Waals surface area contributed by atoms with Crippen LogP contribution in [0.1, 0.15) is 25.3 Å². The number of aromatic hydroxyl groups is 1. The molecule has 2 atom stereocenters. The number of phenols is 1. The number of aliphatic hydroxyl groups is 1. The van der Waals surface area contributed by atoms with Crippen molar-refractivity contribution in [1.82, 2.24) is 0 Å². The van der Waals surface area contributed by atoms with E-state index in [4.69, 9.17) is 4.74 Å². The van der Waals surface area contributed by atoms with E-state index in [1.54, 1.807) is 18.2 Å². The number of sulfone groups is 1. The summed E-state index contributed by atoms with van der Waals surface area (Å²) >= 11 is 0. The highest BCUT2D eigenvalue weighted by molar-refractivity contribution is 7.92. The first kappa shape index (κ1) is 17.2. The third-order valence-corrected chi connectivity index (χ3v) is 6.64. The van der Waals surface area contributed by atoms with Crippen molar-refractivity contribution in [1.29, 1.82) is 0 Å². The first-order valence-electron chi connectivity index (χ1n) is 8.03. The molecule has 2 heterocycles. The molecular weight excluding hydrogens is 328 g/mol. The van der Waals surface area contributed by atoms with Gasteiger partial charge in [-0.25, -0.2) is 8.42 Å². The van der Waals surface area contributed by atoms with Crippen LogP contribution in [0, 0.1) is 0 Å². The molecule has 1 saturated heterocycles. The lowest BCUT2D eigenvalue weighted by Gasteiger charge is -2.13. The molecule has 6 heteroatoms. The van der Waals surface area contributed by atoms with Crippen molar-refractivity contribution in [2.45, 2.75) is 31.1 Å². The number of hydrogen-bond donors (Lipinski definition) is 2. The fraction of sp³-hybridized carbons (Fsp3) is 0.444. The van der Waals surface area contributed by atoms with Crippen LogP contribution in [0.15, 0.2) is 41.0 Å². The average molecular weight is 350 g/mol. The van der Waals surface area contributed by atoms with Gasteiger partial charge < -0.3 is 14.9 Å². The maximum absolute atomic E-state index is 12.1. The van der Waals surface area contributed by atoms with Crippen molar-refractivity contribution in [2.75, 3.05) is 19.0 Å². The van der Waals surface area contributed by atoms with Crippen LogP contribution in [0.5, 0.6) is 5.75 Å². The Kier molecular flexibility index (Phi) is 4.80. The van der Waals surface area contributed by atoms with E-state index in [-0.39, 0.29) is 30.8 Å². The van der Waals surface area contributed by atoms with Crippen LogP contribution in [0.4, 0.5) is 0 Å². The Morgan fingerprint density at radius 1 is 1.42 bits per heavy atom. The minimum absolute atomic E-state index is 0.0402. The molecule has 0 aromatic heterocycles. The molecule has 0 aliphatic carbocycles. The summed E-state index contributed by atoms with van der Waals surface area (Å²) in [5.41, 5.74) is 3.44. The predicted octanol–water partition coefficient (Wildman–Crippen LogP) is 2.06. The summed E-state index contributed by atoms with van der Waals surface area (Å²) in [6, 6.07) is 7.03. The molecule has 1 aromatic carbocycles. The van der Waals surface area contributed by atoms with Gasteiger partial charge in [0.1, 0.15) is 11.0 Å². The van der Waals surface area contributed by atoms with Gasteiger partial charge in [-0.15, -0.1) is 0 Å². The number of phenolic OH excluding ortho intramolecular Hbond substituents is 1. The van der Waals surface area contributed by atoms with Gasteiger partial charge in [0.2, 0.25) is 0 Å². The minimum Gasteiger partial charge on any atom is -0.508 e. The topological polar surface area (TPSA) is 83.8 Å². The van der Waals surface area contributed by atoms with Gasteiger partial charge in [0, 0.05) is 0 Å². The number of hydrogen-bond acceptors (Lipinski definition) is 5. The molecule has 0 saturated carbocycles. The molecule has 0 spiro atoms.